The summed E-state index contributed by atoms with van der Waals surface area (Å²) in [6, 6.07) is 7.53. The zero-order valence-electron chi connectivity index (χ0n) is 13.1. The Morgan fingerprint density at radius 3 is 2.91 bits per heavy atom. The second-order valence-corrected chi connectivity index (χ2v) is 5.85. The molecule has 0 aliphatic heterocycles. The van der Waals surface area contributed by atoms with E-state index in [9.17, 15) is 4.79 Å². The Morgan fingerprint density at radius 1 is 1.35 bits per heavy atom. The van der Waals surface area contributed by atoms with Crippen molar-refractivity contribution in [3.63, 3.8) is 0 Å². The second kappa shape index (κ2) is 6.16. The van der Waals surface area contributed by atoms with E-state index < -0.39 is 0 Å². The minimum atomic E-state index is -0.287. The summed E-state index contributed by atoms with van der Waals surface area (Å²) in [5.74, 6) is 0.226. The summed E-state index contributed by atoms with van der Waals surface area (Å²) in [7, 11) is 0. The molecule has 2 aromatic heterocycles. The normalized spacial score (nSPS) is 11.3. The van der Waals surface area contributed by atoms with Crippen LogP contribution in [0.4, 0.5) is 5.88 Å². The van der Waals surface area contributed by atoms with Crippen LogP contribution in [0.5, 0.6) is 0 Å². The summed E-state index contributed by atoms with van der Waals surface area (Å²) in [6.45, 7) is 4.78. The van der Waals surface area contributed by atoms with Crippen molar-refractivity contribution < 1.29 is 13.7 Å². The van der Waals surface area contributed by atoms with Gasteiger partial charge in [0.15, 0.2) is 0 Å². The minimum absolute atomic E-state index is 0.00679. The van der Waals surface area contributed by atoms with Crippen molar-refractivity contribution in [2.24, 2.45) is 5.92 Å². The topological polar surface area (TPSA) is 94.3 Å². The molecule has 0 atom stereocenters. The van der Waals surface area contributed by atoms with Gasteiger partial charge in [0.2, 0.25) is 5.88 Å². The van der Waals surface area contributed by atoms with Gasteiger partial charge >= 0.3 is 0 Å². The molecule has 0 radical (unpaired) electrons. The molecule has 6 heteroatoms. The van der Waals surface area contributed by atoms with Gasteiger partial charge in [0.25, 0.3) is 5.91 Å². The molecule has 0 unspecified atom stereocenters. The number of furan rings is 1. The number of fused-ring (bicyclic) bond motifs is 1. The maximum absolute atomic E-state index is 12.4. The fraction of sp³-hybridized carbons (Fsp3) is 0.294. The van der Waals surface area contributed by atoms with Crippen LogP contribution in [0, 0.1) is 5.92 Å². The third-order valence-electron chi connectivity index (χ3n) is 3.69. The molecule has 2 heterocycles. The molecular weight excluding hydrogens is 294 g/mol. The van der Waals surface area contributed by atoms with E-state index >= 15 is 0 Å². The number of nitrogens with one attached hydrogen (secondary N) is 1. The van der Waals surface area contributed by atoms with Gasteiger partial charge in [-0.1, -0.05) is 37.2 Å². The van der Waals surface area contributed by atoms with Crippen LogP contribution in [-0.2, 0) is 0 Å². The average Bonchev–Trinajstić information content (AvgIpc) is 3.10. The van der Waals surface area contributed by atoms with E-state index in [1.54, 1.807) is 6.26 Å². The number of carbonyl (C=O) groups is 1. The highest BCUT2D eigenvalue weighted by Crippen LogP contribution is 2.33. The van der Waals surface area contributed by atoms with E-state index in [1.165, 1.54) is 0 Å². The number of aromatic nitrogens is 1. The number of hydrogen-bond donors (Lipinski definition) is 2. The SMILES string of the molecule is CC(C)CCNC(=O)c1c(-c2coc3ccccc23)noc1N. The Hall–Kier alpha value is -2.76. The lowest BCUT2D eigenvalue weighted by Gasteiger charge is -2.07. The Labute approximate surface area is 133 Å². The number of nitrogens with zero attached hydrogens (tertiary/aromatic N) is 1. The summed E-state index contributed by atoms with van der Waals surface area (Å²) < 4.78 is 10.5. The Morgan fingerprint density at radius 2 is 2.13 bits per heavy atom. The second-order valence-electron chi connectivity index (χ2n) is 5.85. The fourth-order valence-corrected chi connectivity index (χ4v) is 2.43. The number of rotatable bonds is 5. The highest BCUT2D eigenvalue weighted by atomic mass is 16.5. The number of nitrogens with two attached hydrogens (primary N) is 1. The first-order chi connectivity index (χ1) is 11.1. The molecule has 3 rings (SSSR count). The molecule has 1 amide bonds. The lowest BCUT2D eigenvalue weighted by molar-refractivity contribution is 0.0953. The van der Waals surface area contributed by atoms with Crippen molar-refractivity contribution in [2.45, 2.75) is 20.3 Å². The third-order valence-corrected chi connectivity index (χ3v) is 3.69. The van der Waals surface area contributed by atoms with Crippen molar-refractivity contribution in [1.29, 1.82) is 0 Å². The van der Waals surface area contributed by atoms with Crippen molar-refractivity contribution in [3.05, 3.63) is 36.1 Å². The first-order valence-corrected chi connectivity index (χ1v) is 7.58. The van der Waals surface area contributed by atoms with Crippen LogP contribution in [0.15, 0.2) is 39.5 Å². The maximum atomic E-state index is 12.4. The van der Waals surface area contributed by atoms with E-state index in [4.69, 9.17) is 14.7 Å². The molecular formula is C17H19N3O3. The van der Waals surface area contributed by atoms with Crippen LogP contribution in [0.1, 0.15) is 30.6 Å². The maximum Gasteiger partial charge on any atom is 0.259 e. The van der Waals surface area contributed by atoms with Crippen molar-refractivity contribution in [1.82, 2.24) is 10.5 Å². The summed E-state index contributed by atoms with van der Waals surface area (Å²) in [4.78, 5) is 12.4. The molecule has 0 saturated heterocycles. The Bertz CT molecular complexity index is 833. The van der Waals surface area contributed by atoms with Gasteiger partial charge in [0.05, 0.1) is 5.56 Å². The first-order valence-electron chi connectivity index (χ1n) is 7.58. The molecule has 3 N–H and O–H groups in total. The molecule has 0 fully saturated rings. The zero-order chi connectivity index (χ0) is 16.4. The number of hydrogen-bond acceptors (Lipinski definition) is 5. The molecule has 0 spiro atoms. The summed E-state index contributed by atoms with van der Waals surface area (Å²) >= 11 is 0. The van der Waals surface area contributed by atoms with E-state index in [0.29, 0.717) is 23.7 Å². The van der Waals surface area contributed by atoms with Crippen LogP contribution >= 0.6 is 0 Å². The molecule has 0 aliphatic carbocycles. The minimum Gasteiger partial charge on any atom is -0.464 e. The largest absolute Gasteiger partial charge is 0.464 e. The van der Waals surface area contributed by atoms with Crippen LogP contribution in [-0.4, -0.2) is 17.6 Å². The number of amides is 1. The monoisotopic (exact) mass is 313 g/mol. The van der Waals surface area contributed by atoms with Gasteiger partial charge < -0.3 is 20.0 Å². The summed E-state index contributed by atoms with van der Waals surface area (Å²) in [5.41, 5.74) is 7.86. The van der Waals surface area contributed by atoms with Crippen molar-refractivity contribution in [3.8, 4) is 11.3 Å². The van der Waals surface area contributed by atoms with Crippen LogP contribution in [0.3, 0.4) is 0 Å². The lowest BCUT2D eigenvalue weighted by atomic mass is 10.1. The van der Waals surface area contributed by atoms with Gasteiger partial charge in [-0.2, -0.15) is 0 Å². The zero-order valence-corrected chi connectivity index (χ0v) is 13.1. The van der Waals surface area contributed by atoms with Crippen molar-refractivity contribution in [2.75, 3.05) is 12.3 Å². The molecule has 3 aromatic rings. The fourth-order valence-electron chi connectivity index (χ4n) is 2.43. The number of carbonyl (C=O) groups excluding carboxylic acids is 1. The molecule has 6 nitrogen and oxygen atoms in total. The number of anilines is 1. The van der Waals surface area contributed by atoms with Crippen molar-refractivity contribution >= 4 is 22.8 Å². The first kappa shape index (κ1) is 15.1. The number of nitrogen functional groups attached to an aromatic ring is 1. The Balaban J connectivity index is 1.94. The highest BCUT2D eigenvalue weighted by Gasteiger charge is 2.24. The molecule has 23 heavy (non-hydrogen) atoms. The van der Waals surface area contributed by atoms with Crippen LogP contribution in [0.25, 0.3) is 22.2 Å². The third kappa shape index (κ3) is 2.92. The summed E-state index contributed by atoms with van der Waals surface area (Å²) in [6.07, 6.45) is 2.45. The van der Waals surface area contributed by atoms with Crippen LogP contribution in [0.2, 0.25) is 0 Å². The van der Waals surface area contributed by atoms with Gasteiger partial charge in [-0.3, -0.25) is 4.79 Å². The van der Waals surface area contributed by atoms with Gasteiger partial charge in [-0.05, 0) is 18.4 Å². The molecule has 0 saturated carbocycles. The number of para-hydroxylation sites is 1. The van der Waals surface area contributed by atoms with Crippen LogP contribution < -0.4 is 11.1 Å². The van der Waals surface area contributed by atoms with Gasteiger partial charge in [0, 0.05) is 11.9 Å². The van der Waals surface area contributed by atoms with E-state index in [-0.39, 0.29) is 17.4 Å². The quantitative estimate of drug-likeness (QED) is 0.752. The number of benzene rings is 1. The lowest BCUT2D eigenvalue weighted by Crippen LogP contribution is -2.26. The van der Waals surface area contributed by atoms with Gasteiger partial charge in [-0.25, -0.2) is 0 Å². The smallest absolute Gasteiger partial charge is 0.259 e. The highest BCUT2D eigenvalue weighted by molar-refractivity contribution is 6.06. The predicted octanol–water partition coefficient (Wildman–Crippen LogP) is 3.45. The van der Waals surface area contributed by atoms with Gasteiger partial charge in [-0.15, -0.1) is 0 Å². The van der Waals surface area contributed by atoms with E-state index in [2.05, 4.69) is 24.3 Å². The summed E-state index contributed by atoms with van der Waals surface area (Å²) in [5, 5.41) is 7.67. The predicted molar refractivity (Wildman–Crippen MR) is 87.9 cm³/mol. The average molecular weight is 313 g/mol. The van der Waals surface area contributed by atoms with Gasteiger partial charge in [0.1, 0.15) is 23.1 Å². The molecule has 0 bridgehead atoms. The molecule has 120 valence electrons. The van der Waals surface area contributed by atoms with E-state index in [1.807, 2.05) is 24.3 Å². The molecule has 1 aromatic carbocycles. The standard InChI is InChI=1S/C17H19N3O3/c1-10(2)7-8-19-17(21)14-15(20-23-16(14)18)12-9-22-13-6-4-3-5-11(12)13/h3-6,9-10H,7-8,18H2,1-2H3,(H,19,21). The Kier molecular flexibility index (Phi) is 4.06. The molecule has 0 aliphatic rings. The van der Waals surface area contributed by atoms with E-state index in [0.717, 1.165) is 17.4 Å².